The highest BCUT2D eigenvalue weighted by Gasteiger charge is 2.15. The third-order valence-electron chi connectivity index (χ3n) is 1.90. The number of methoxy groups -OCH3 is 1. The molecule has 1 atom stereocenters. The number of nitrogens with two attached hydrogens (primary N) is 1. The Hall–Kier alpha value is -0.980. The Labute approximate surface area is 92.6 Å². The van der Waals surface area contributed by atoms with Crippen molar-refractivity contribution in [3.8, 4) is 0 Å². The van der Waals surface area contributed by atoms with Gasteiger partial charge in [0.05, 0.1) is 11.6 Å². The molecule has 1 amide bonds. The van der Waals surface area contributed by atoms with E-state index in [2.05, 4.69) is 10.3 Å². The van der Waals surface area contributed by atoms with E-state index in [9.17, 15) is 4.79 Å². The minimum atomic E-state index is -0.570. The third-order valence-corrected chi connectivity index (χ3v) is 2.81. The summed E-state index contributed by atoms with van der Waals surface area (Å²) in [6, 6.07) is 0. The molecule has 0 aliphatic heterocycles. The summed E-state index contributed by atoms with van der Waals surface area (Å²) in [6.07, 6.45) is 1.18. The molecule has 1 aromatic rings. The first kappa shape index (κ1) is 12.1. The molecule has 0 bridgehead atoms. The Bertz CT molecular complexity index is 323. The number of hydrogen-bond donors (Lipinski definition) is 2. The van der Waals surface area contributed by atoms with Crippen molar-refractivity contribution in [2.45, 2.75) is 19.6 Å². The predicted octanol–water partition coefficient (Wildman–Crippen LogP) is 0.0414. The number of thiazole rings is 1. The second kappa shape index (κ2) is 5.79. The van der Waals surface area contributed by atoms with Crippen LogP contribution in [0.1, 0.15) is 9.88 Å². The van der Waals surface area contributed by atoms with Crippen molar-refractivity contribution in [3.63, 3.8) is 0 Å². The Balaban J connectivity index is 2.40. The molecule has 15 heavy (non-hydrogen) atoms. The molecule has 1 heterocycles. The fraction of sp³-hybridized carbons (Fsp3) is 0.556. The standard InChI is InChI=1S/C9H15N3O2S/c1-6-11-4-7(15-6)5-12-9(13)8(3-10)14-2/h4,8H,3,5,10H2,1-2H3,(H,12,13). The fourth-order valence-electron chi connectivity index (χ4n) is 1.09. The summed E-state index contributed by atoms with van der Waals surface area (Å²) in [5.74, 6) is -0.189. The minimum Gasteiger partial charge on any atom is -0.370 e. The first-order chi connectivity index (χ1) is 7.17. The lowest BCUT2D eigenvalue weighted by Gasteiger charge is -2.11. The summed E-state index contributed by atoms with van der Waals surface area (Å²) in [4.78, 5) is 16.6. The molecule has 84 valence electrons. The number of aryl methyl sites for hydroxylation is 1. The van der Waals surface area contributed by atoms with Gasteiger partial charge in [0.2, 0.25) is 0 Å². The second-order valence-electron chi connectivity index (χ2n) is 3.02. The van der Waals surface area contributed by atoms with Crippen molar-refractivity contribution in [1.29, 1.82) is 0 Å². The Morgan fingerprint density at radius 2 is 2.53 bits per heavy atom. The number of nitrogens with zero attached hydrogens (tertiary/aromatic N) is 1. The molecule has 0 saturated carbocycles. The molecule has 0 aromatic carbocycles. The van der Waals surface area contributed by atoms with Crippen LogP contribution in [0.2, 0.25) is 0 Å². The molecule has 0 aliphatic carbocycles. The van der Waals surface area contributed by atoms with Crippen molar-refractivity contribution in [1.82, 2.24) is 10.3 Å². The van der Waals surface area contributed by atoms with E-state index in [1.807, 2.05) is 6.92 Å². The van der Waals surface area contributed by atoms with Crippen molar-refractivity contribution < 1.29 is 9.53 Å². The van der Waals surface area contributed by atoms with Gasteiger partial charge in [0.25, 0.3) is 5.91 Å². The first-order valence-corrected chi connectivity index (χ1v) is 5.41. The maximum atomic E-state index is 11.5. The number of carbonyl (C=O) groups excluding carboxylic acids is 1. The highest BCUT2D eigenvalue weighted by Crippen LogP contribution is 2.10. The van der Waals surface area contributed by atoms with E-state index in [0.29, 0.717) is 6.54 Å². The highest BCUT2D eigenvalue weighted by molar-refractivity contribution is 7.11. The monoisotopic (exact) mass is 229 g/mol. The van der Waals surface area contributed by atoms with E-state index in [1.165, 1.54) is 7.11 Å². The van der Waals surface area contributed by atoms with Crippen molar-refractivity contribution in [3.05, 3.63) is 16.1 Å². The molecule has 6 heteroatoms. The topological polar surface area (TPSA) is 77.2 Å². The van der Waals surface area contributed by atoms with Crippen LogP contribution in [0.4, 0.5) is 0 Å². The molecule has 0 saturated heterocycles. The van der Waals surface area contributed by atoms with Crippen LogP contribution in [-0.4, -0.2) is 30.6 Å². The van der Waals surface area contributed by atoms with Gasteiger partial charge in [-0.2, -0.15) is 0 Å². The third kappa shape index (κ3) is 3.58. The largest absolute Gasteiger partial charge is 0.370 e. The molecule has 1 rings (SSSR count). The number of ether oxygens (including phenoxy) is 1. The number of amides is 1. The van der Waals surface area contributed by atoms with E-state index in [1.54, 1.807) is 17.5 Å². The molecular weight excluding hydrogens is 214 g/mol. The van der Waals surface area contributed by atoms with Crippen molar-refractivity contribution in [2.24, 2.45) is 5.73 Å². The normalized spacial score (nSPS) is 12.5. The fourth-order valence-corrected chi connectivity index (χ4v) is 1.82. The maximum Gasteiger partial charge on any atom is 0.250 e. The maximum absolute atomic E-state index is 11.5. The molecule has 0 fully saturated rings. The molecule has 3 N–H and O–H groups in total. The van der Waals surface area contributed by atoms with Gasteiger partial charge in [-0.25, -0.2) is 4.98 Å². The van der Waals surface area contributed by atoms with E-state index < -0.39 is 6.10 Å². The number of hydrogen-bond acceptors (Lipinski definition) is 5. The van der Waals surface area contributed by atoms with Crippen LogP contribution in [0.25, 0.3) is 0 Å². The molecule has 5 nitrogen and oxygen atoms in total. The predicted molar refractivity (Wildman–Crippen MR) is 58.5 cm³/mol. The quantitative estimate of drug-likeness (QED) is 0.747. The second-order valence-corrected chi connectivity index (χ2v) is 4.34. The van der Waals surface area contributed by atoms with Crippen LogP contribution in [0, 0.1) is 6.92 Å². The van der Waals surface area contributed by atoms with Crippen LogP contribution in [0.3, 0.4) is 0 Å². The Morgan fingerprint density at radius 1 is 1.80 bits per heavy atom. The summed E-state index contributed by atoms with van der Waals surface area (Å²) < 4.78 is 4.91. The average molecular weight is 229 g/mol. The summed E-state index contributed by atoms with van der Waals surface area (Å²) >= 11 is 1.56. The molecule has 0 spiro atoms. The number of nitrogens with one attached hydrogen (secondary N) is 1. The van der Waals surface area contributed by atoms with E-state index >= 15 is 0 Å². The lowest BCUT2D eigenvalue weighted by molar-refractivity contribution is -0.130. The summed E-state index contributed by atoms with van der Waals surface area (Å²) in [5, 5.41) is 3.73. The van der Waals surface area contributed by atoms with Gasteiger partial charge in [0.15, 0.2) is 0 Å². The highest BCUT2D eigenvalue weighted by atomic mass is 32.1. The Morgan fingerprint density at radius 3 is 3.00 bits per heavy atom. The van der Waals surface area contributed by atoms with Gasteiger partial charge >= 0.3 is 0 Å². The first-order valence-electron chi connectivity index (χ1n) is 4.59. The van der Waals surface area contributed by atoms with Crippen molar-refractivity contribution >= 4 is 17.2 Å². The van der Waals surface area contributed by atoms with Crippen molar-refractivity contribution in [2.75, 3.05) is 13.7 Å². The van der Waals surface area contributed by atoms with Gasteiger partial charge in [0, 0.05) is 24.7 Å². The van der Waals surface area contributed by atoms with E-state index in [-0.39, 0.29) is 12.5 Å². The molecule has 1 aromatic heterocycles. The summed E-state index contributed by atoms with van der Waals surface area (Å²) in [6.45, 7) is 2.59. The molecular formula is C9H15N3O2S. The smallest absolute Gasteiger partial charge is 0.250 e. The van der Waals surface area contributed by atoms with Crippen LogP contribution in [0.15, 0.2) is 6.20 Å². The van der Waals surface area contributed by atoms with Gasteiger partial charge in [0.1, 0.15) is 6.10 Å². The zero-order valence-electron chi connectivity index (χ0n) is 8.82. The Kier molecular flexibility index (Phi) is 4.67. The van der Waals surface area contributed by atoms with Gasteiger partial charge in [-0.15, -0.1) is 11.3 Å². The summed E-state index contributed by atoms with van der Waals surface area (Å²) in [7, 11) is 1.47. The zero-order valence-corrected chi connectivity index (χ0v) is 9.63. The number of carbonyl (C=O) groups is 1. The molecule has 0 radical (unpaired) electrons. The minimum absolute atomic E-state index is 0.185. The van der Waals surface area contributed by atoms with Crippen LogP contribution in [0.5, 0.6) is 0 Å². The van der Waals surface area contributed by atoms with Gasteiger partial charge in [-0.05, 0) is 6.92 Å². The van der Waals surface area contributed by atoms with E-state index in [0.717, 1.165) is 9.88 Å². The average Bonchev–Trinajstić information content (AvgIpc) is 2.63. The lowest BCUT2D eigenvalue weighted by atomic mass is 10.3. The number of aromatic nitrogens is 1. The molecule has 1 unspecified atom stereocenters. The summed E-state index contributed by atoms with van der Waals surface area (Å²) in [5.41, 5.74) is 5.36. The van der Waals surface area contributed by atoms with Crippen LogP contribution < -0.4 is 11.1 Å². The SMILES string of the molecule is COC(CN)C(=O)NCc1cnc(C)s1. The van der Waals surface area contributed by atoms with Gasteiger partial charge in [-0.3, -0.25) is 4.79 Å². The zero-order chi connectivity index (χ0) is 11.3. The van der Waals surface area contributed by atoms with Crippen LogP contribution in [-0.2, 0) is 16.1 Å². The van der Waals surface area contributed by atoms with E-state index in [4.69, 9.17) is 10.5 Å². The molecule has 0 aliphatic rings. The van der Waals surface area contributed by atoms with Crippen LogP contribution >= 0.6 is 11.3 Å². The lowest BCUT2D eigenvalue weighted by Crippen LogP contribution is -2.40. The van der Waals surface area contributed by atoms with Gasteiger partial charge in [-0.1, -0.05) is 0 Å². The van der Waals surface area contributed by atoms with Gasteiger partial charge < -0.3 is 15.8 Å². The number of rotatable bonds is 5.